The summed E-state index contributed by atoms with van der Waals surface area (Å²) < 4.78 is 26.3. The Labute approximate surface area is 141 Å². The van der Waals surface area contributed by atoms with Crippen LogP contribution in [0.1, 0.15) is 5.56 Å². The molecule has 1 heterocycles. The van der Waals surface area contributed by atoms with E-state index in [9.17, 15) is 13.2 Å². The van der Waals surface area contributed by atoms with Crippen molar-refractivity contribution < 1.29 is 13.2 Å². The zero-order valence-corrected chi connectivity index (χ0v) is 13.7. The third-order valence-electron chi connectivity index (χ3n) is 2.46. The number of benzene rings is 1. The van der Waals surface area contributed by atoms with Gasteiger partial charge in [0.1, 0.15) is 0 Å². The monoisotopic (exact) mass is 373 g/mol. The molecule has 0 saturated carbocycles. The van der Waals surface area contributed by atoms with E-state index >= 15 is 0 Å². The molecule has 0 saturated heterocycles. The lowest BCUT2D eigenvalue weighted by Gasteiger charge is -2.09. The molecule has 0 radical (unpaired) electrons. The highest BCUT2D eigenvalue weighted by Crippen LogP contribution is 2.16. The summed E-state index contributed by atoms with van der Waals surface area (Å²) in [5.74, 6) is -0.292. The Kier molecular flexibility index (Phi) is 5.14. The fourth-order valence-corrected chi connectivity index (χ4v) is 3.07. The van der Waals surface area contributed by atoms with Crippen LogP contribution in [0.5, 0.6) is 0 Å². The highest BCUT2D eigenvalue weighted by atomic mass is 35.5. The maximum absolute atomic E-state index is 12.2. The van der Waals surface area contributed by atoms with Crippen molar-refractivity contribution in [2.45, 2.75) is 4.90 Å². The summed E-state index contributed by atoms with van der Waals surface area (Å²) in [6.45, 7) is 3.52. The van der Waals surface area contributed by atoms with Crippen LogP contribution >= 0.6 is 23.2 Å². The van der Waals surface area contributed by atoms with Crippen molar-refractivity contribution in [2.24, 2.45) is 0 Å². The fraction of sp³-hybridized carbons (Fsp3) is 0. The molecule has 1 aromatic carbocycles. The lowest BCUT2D eigenvalue weighted by Crippen LogP contribution is -2.35. The maximum atomic E-state index is 12.2. The zero-order valence-electron chi connectivity index (χ0n) is 11.3. The average Bonchev–Trinajstić information content (AvgIpc) is 2.45. The van der Waals surface area contributed by atoms with Gasteiger partial charge in [0.05, 0.1) is 4.90 Å². The van der Waals surface area contributed by atoms with E-state index in [-0.39, 0.29) is 21.4 Å². The van der Waals surface area contributed by atoms with E-state index in [1.165, 1.54) is 18.2 Å². The standard InChI is InChI=1S/C12H9Cl2N5O3S/c1-2-7-5-3-4-6-8(7)23(21,22)19-12(20)18-11-16-9(13)15-10(14)17-11/h2-6H,1H2,(H2,15,16,17,18,19,20). The Morgan fingerprint density at radius 1 is 1.13 bits per heavy atom. The number of anilines is 1. The third kappa shape index (κ3) is 4.38. The molecule has 2 N–H and O–H groups in total. The largest absolute Gasteiger partial charge is 0.335 e. The number of carbonyl (C=O) groups is 1. The normalized spacial score (nSPS) is 10.9. The Hall–Kier alpha value is -2.23. The number of halogens is 2. The van der Waals surface area contributed by atoms with Crippen molar-refractivity contribution >= 4 is 51.3 Å². The van der Waals surface area contributed by atoms with Gasteiger partial charge in [-0.05, 0) is 34.8 Å². The number of amides is 2. The van der Waals surface area contributed by atoms with Gasteiger partial charge in [-0.3, -0.25) is 5.32 Å². The molecule has 0 atom stereocenters. The molecule has 0 aliphatic heterocycles. The van der Waals surface area contributed by atoms with E-state index < -0.39 is 16.1 Å². The Morgan fingerprint density at radius 3 is 2.35 bits per heavy atom. The van der Waals surface area contributed by atoms with E-state index in [1.807, 2.05) is 4.72 Å². The van der Waals surface area contributed by atoms with Gasteiger partial charge in [0.2, 0.25) is 16.5 Å². The molecule has 8 nitrogen and oxygen atoms in total. The molecular weight excluding hydrogens is 365 g/mol. The van der Waals surface area contributed by atoms with Gasteiger partial charge in [0.15, 0.2) is 0 Å². The summed E-state index contributed by atoms with van der Waals surface area (Å²) in [5.41, 5.74) is 0.346. The van der Waals surface area contributed by atoms with Crippen molar-refractivity contribution in [3.8, 4) is 0 Å². The molecule has 0 bridgehead atoms. The Balaban J connectivity index is 2.20. The van der Waals surface area contributed by atoms with Gasteiger partial charge in [0, 0.05) is 0 Å². The first-order valence-corrected chi connectivity index (χ1v) is 8.18. The second kappa shape index (κ2) is 6.90. The predicted molar refractivity (Wildman–Crippen MR) is 85.7 cm³/mol. The van der Waals surface area contributed by atoms with Crippen molar-refractivity contribution in [2.75, 3.05) is 5.32 Å². The van der Waals surface area contributed by atoms with Crippen LogP contribution in [0.3, 0.4) is 0 Å². The number of nitrogens with zero attached hydrogens (tertiary/aromatic N) is 3. The van der Waals surface area contributed by atoms with E-state index in [4.69, 9.17) is 23.2 Å². The van der Waals surface area contributed by atoms with Gasteiger partial charge < -0.3 is 0 Å². The summed E-state index contributed by atoms with van der Waals surface area (Å²) in [5, 5.41) is 1.60. The molecule has 23 heavy (non-hydrogen) atoms. The minimum Gasteiger partial charge on any atom is -0.275 e. The van der Waals surface area contributed by atoms with Crippen LogP contribution in [0.4, 0.5) is 10.7 Å². The molecule has 120 valence electrons. The first-order chi connectivity index (χ1) is 10.8. The average molecular weight is 374 g/mol. The van der Waals surface area contributed by atoms with E-state index in [0.717, 1.165) is 0 Å². The van der Waals surface area contributed by atoms with Gasteiger partial charge in [-0.15, -0.1) is 0 Å². The molecule has 2 rings (SSSR count). The highest BCUT2D eigenvalue weighted by molar-refractivity contribution is 7.90. The second-order valence-electron chi connectivity index (χ2n) is 4.00. The van der Waals surface area contributed by atoms with Crippen molar-refractivity contribution in [3.63, 3.8) is 0 Å². The van der Waals surface area contributed by atoms with Crippen LogP contribution in [-0.4, -0.2) is 29.4 Å². The van der Waals surface area contributed by atoms with Crippen molar-refractivity contribution in [3.05, 3.63) is 47.0 Å². The van der Waals surface area contributed by atoms with E-state index in [2.05, 4.69) is 26.8 Å². The lowest BCUT2D eigenvalue weighted by atomic mass is 10.2. The molecule has 0 unspecified atom stereocenters. The van der Waals surface area contributed by atoms with Crippen LogP contribution in [0.2, 0.25) is 10.6 Å². The fourth-order valence-electron chi connectivity index (χ4n) is 1.58. The van der Waals surface area contributed by atoms with Crippen molar-refractivity contribution in [1.82, 2.24) is 19.7 Å². The molecule has 2 aromatic rings. The quantitative estimate of drug-likeness (QED) is 0.849. The number of aromatic nitrogens is 3. The SMILES string of the molecule is C=Cc1ccccc1S(=O)(=O)NC(=O)Nc1nc(Cl)nc(Cl)n1. The van der Waals surface area contributed by atoms with Crippen LogP contribution in [0.25, 0.3) is 6.08 Å². The third-order valence-corrected chi connectivity index (χ3v) is 4.20. The predicted octanol–water partition coefficient (Wildman–Crippen LogP) is 2.33. The number of sulfonamides is 1. The number of rotatable bonds is 4. The zero-order chi connectivity index (χ0) is 17.0. The summed E-state index contributed by atoms with van der Waals surface area (Å²) in [6.07, 6.45) is 1.36. The molecule has 0 fully saturated rings. The number of urea groups is 1. The molecule has 0 aliphatic rings. The molecule has 11 heteroatoms. The van der Waals surface area contributed by atoms with Gasteiger partial charge in [-0.1, -0.05) is 30.9 Å². The van der Waals surface area contributed by atoms with Crippen LogP contribution < -0.4 is 10.0 Å². The van der Waals surface area contributed by atoms with Crippen LogP contribution in [-0.2, 0) is 10.0 Å². The van der Waals surface area contributed by atoms with E-state index in [0.29, 0.717) is 5.56 Å². The second-order valence-corrected chi connectivity index (χ2v) is 6.33. The van der Waals surface area contributed by atoms with Gasteiger partial charge in [0.25, 0.3) is 10.0 Å². The minimum atomic E-state index is -4.11. The van der Waals surface area contributed by atoms with Crippen molar-refractivity contribution in [1.29, 1.82) is 0 Å². The molecular formula is C12H9Cl2N5O3S. The van der Waals surface area contributed by atoms with Crippen LogP contribution in [0, 0.1) is 0 Å². The van der Waals surface area contributed by atoms with E-state index in [1.54, 1.807) is 12.1 Å². The summed E-state index contributed by atoms with van der Waals surface area (Å²) in [6, 6.07) is 4.96. The highest BCUT2D eigenvalue weighted by Gasteiger charge is 2.20. The van der Waals surface area contributed by atoms with Crippen LogP contribution in [0.15, 0.2) is 35.7 Å². The minimum absolute atomic E-state index is 0.100. The maximum Gasteiger partial charge on any atom is 0.335 e. The summed E-state index contributed by atoms with van der Waals surface area (Å²) in [4.78, 5) is 22.4. The topological polar surface area (TPSA) is 114 Å². The molecule has 2 amide bonds. The van der Waals surface area contributed by atoms with Gasteiger partial charge in [-0.2, -0.15) is 15.0 Å². The Bertz CT molecular complexity index is 852. The number of carbonyl (C=O) groups excluding carboxylic acids is 1. The molecule has 0 spiro atoms. The number of hydrogen-bond donors (Lipinski definition) is 2. The molecule has 0 aliphatic carbocycles. The van der Waals surface area contributed by atoms with Gasteiger partial charge in [-0.25, -0.2) is 17.9 Å². The van der Waals surface area contributed by atoms with Gasteiger partial charge >= 0.3 is 6.03 Å². The summed E-state index contributed by atoms with van der Waals surface area (Å²) in [7, 11) is -4.11. The first kappa shape index (κ1) is 17.1. The molecule has 1 aromatic heterocycles. The number of nitrogens with one attached hydrogen (secondary N) is 2. The lowest BCUT2D eigenvalue weighted by molar-refractivity contribution is 0.256. The Morgan fingerprint density at radius 2 is 1.74 bits per heavy atom. The first-order valence-electron chi connectivity index (χ1n) is 5.94. The number of hydrogen-bond acceptors (Lipinski definition) is 6. The smallest absolute Gasteiger partial charge is 0.275 e. The summed E-state index contributed by atoms with van der Waals surface area (Å²) >= 11 is 11.1.